The van der Waals surface area contributed by atoms with Crippen LogP contribution < -0.4 is 24.8 Å². The molecule has 8 nitrogen and oxygen atoms in total. The van der Waals surface area contributed by atoms with Crippen LogP contribution in [0.15, 0.2) is 60.7 Å². The number of likely N-dealkylation sites (N-methyl/N-ethyl adjacent to an activating group) is 2. The van der Waals surface area contributed by atoms with Crippen LogP contribution in [0.25, 0.3) is 16.7 Å². The van der Waals surface area contributed by atoms with Gasteiger partial charge < -0.3 is 14.7 Å². The number of carboxylic acid groups (broad SMARTS) is 1. The SMILES string of the molecule is [CH]C1=CC(C)(C)N(CC)c2cc3c(cc21)C(c1ccccc1C(=O)O)=c1cc2c(cc1O3)=[N+](CC)C(C)(C)C=C2CS(=O)(=O)O. The Morgan fingerprint density at radius 1 is 0.956 bits per heavy atom. The first-order valence-electron chi connectivity index (χ1n) is 15.0. The predicted octanol–water partition coefficient (Wildman–Crippen LogP) is 5.03. The Hall–Kier alpha value is -4.21. The molecule has 0 aliphatic carbocycles. The molecule has 3 heterocycles. The van der Waals surface area contributed by atoms with E-state index in [-0.39, 0.29) is 11.1 Å². The molecule has 0 unspecified atom stereocenters. The molecule has 3 aromatic carbocycles. The summed E-state index contributed by atoms with van der Waals surface area (Å²) in [6.07, 6.45) is 3.89. The highest BCUT2D eigenvalue weighted by Gasteiger charge is 2.37. The molecule has 0 aromatic heterocycles. The molecule has 2 radical (unpaired) electrons. The Kier molecular flexibility index (Phi) is 7.13. The first-order chi connectivity index (χ1) is 21.1. The third-order valence-electron chi connectivity index (χ3n) is 9.02. The summed E-state index contributed by atoms with van der Waals surface area (Å²) < 4.78 is 43.1. The van der Waals surface area contributed by atoms with Gasteiger partial charge in [-0.15, -0.1) is 0 Å². The second kappa shape index (κ2) is 10.4. The van der Waals surface area contributed by atoms with Crippen LogP contribution in [-0.2, 0) is 10.1 Å². The molecular formula is C36H37N2O6S+. The van der Waals surface area contributed by atoms with E-state index in [1.54, 1.807) is 24.3 Å². The van der Waals surface area contributed by atoms with Crippen molar-refractivity contribution in [2.75, 3.05) is 23.7 Å². The van der Waals surface area contributed by atoms with Crippen molar-refractivity contribution in [3.8, 4) is 11.5 Å². The molecule has 0 saturated carbocycles. The summed E-state index contributed by atoms with van der Waals surface area (Å²) in [4.78, 5) is 14.8. The second-order valence-electron chi connectivity index (χ2n) is 12.9. The summed E-state index contributed by atoms with van der Waals surface area (Å²) in [7, 11) is -4.36. The van der Waals surface area contributed by atoms with Gasteiger partial charge >= 0.3 is 5.97 Å². The summed E-state index contributed by atoms with van der Waals surface area (Å²) >= 11 is 0. The van der Waals surface area contributed by atoms with Gasteiger partial charge in [0.05, 0.1) is 22.7 Å². The summed E-state index contributed by atoms with van der Waals surface area (Å²) in [6, 6.07) is 14.5. The van der Waals surface area contributed by atoms with E-state index in [0.29, 0.717) is 56.7 Å². The Bertz CT molecular complexity index is 2100. The third-order valence-corrected chi connectivity index (χ3v) is 9.69. The van der Waals surface area contributed by atoms with Crippen LogP contribution in [0.2, 0.25) is 0 Å². The minimum absolute atomic E-state index is 0.117. The zero-order valence-electron chi connectivity index (χ0n) is 26.3. The zero-order chi connectivity index (χ0) is 32.6. The third kappa shape index (κ3) is 5.08. The van der Waals surface area contributed by atoms with Gasteiger partial charge in [0.1, 0.15) is 23.8 Å². The smallest absolute Gasteiger partial charge is 0.336 e. The molecule has 2 N–H and O–H groups in total. The van der Waals surface area contributed by atoms with Gasteiger partial charge in [0, 0.05) is 54.1 Å². The Morgan fingerprint density at radius 2 is 1.67 bits per heavy atom. The van der Waals surface area contributed by atoms with Crippen molar-refractivity contribution in [1.82, 2.24) is 4.58 Å². The lowest BCUT2D eigenvalue weighted by molar-refractivity contribution is 0.0696. The molecule has 0 bridgehead atoms. The monoisotopic (exact) mass is 625 g/mol. The van der Waals surface area contributed by atoms with Gasteiger partial charge in [-0.2, -0.15) is 8.42 Å². The topological polar surface area (TPSA) is 107 Å². The molecule has 9 heteroatoms. The zero-order valence-corrected chi connectivity index (χ0v) is 27.1. The molecule has 0 atom stereocenters. The van der Waals surface area contributed by atoms with Crippen molar-refractivity contribution >= 4 is 38.5 Å². The van der Waals surface area contributed by atoms with Gasteiger partial charge in [-0.1, -0.05) is 24.3 Å². The van der Waals surface area contributed by atoms with Gasteiger partial charge in [0.2, 0.25) is 5.36 Å². The quantitative estimate of drug-likeness (QED) is 0.229. The highest BCUT2D eigenvalue weighted by atomic mass is 32.2. The van der Waals surface area contributed by atoms with Crippen LogP contribution in [0.1, 0.15) is 74.2 Å². The van der Waals surface area contributed by atoms with E-state index >= 15 is 0 Å². The summed E-state index contributed by atoms with van der Waals surface area (Å²) in [6.45, 7) is 20.3. The van der Waals surface area contributed by atoms with Crippen LogP contribution in [-0.4, -0.2) is 54.0 Å². The van der Waals surface area contributed by atoms with Crippen LogP contribution in [0.4, 0.5) is 5.69 Å². The molecular weight excluding hydrogens is 588 g/mol. The largest absolute Gasteiger partial charge is 0.478 e. The molecule has 0 fully saturated rings. The van der Waals surface area contributed by atoms with E-state index in [1.807, 2.05) is 57.2 Å². The average Bonchev–Trinajstić information content (AvgIpc) is 2.93. The van der Waals surface area contributed by atoms with Crippen molar-refractivity contribution in [1.29, 1.82) is 0 Å². The van der Waals surface area contributed by atoms with Gasteiger partial charge in [0.15, 0.2) is 5.54 Å². The fraction of sp³-hybridized carbons (Fsp3) is 0.306. The van der Waals surface area contributed by atoms with E-state index in [0.717, 1.165) is 23.2 Å². The van der Waals surface area contributed by atoms with Gasteiger partial charge in [-0.05, 0) is 75.6 Å². The van der Waals surface area contributed by atoms with E-state index in [4.69, 9.17) is 11.7 Å². The molecule has 45 heavy (non-hydrogen) atoms. The first kappa shape index (κ1) is 30.8. The molecule has 3 aliphatic rings. The number of anilines is 1. The second-order valence-corrected chi connectivity index (χ2v) is 14.3. The highest BCUT2D eigenvalue weighted by molar-refractivity contribution is 7.86. The van der Waals surface area contributed by atoms with Gasteiger partial charge in [-0.3, -0.25) is 4.55 Å². The fourth-order valence-corrected chi connectivity index (χ4v) is 7.92. The van der Waals surface area contributed by atoms with E-state index in [2.05, 4.69) is 30.2 Å². The lowest BCUT2D eigenvalue weighted by Gasteiger charge is -2.43. The fourth-order valence-electron chi connectivity index (χ4n) is 7.28. The van der Waals surface area contributed by atoms with Crippen LogP contribution in [0, 0.1) is 6.92 Å². The van der Waals surface area contributed by atoms with Crippen molar-refractivity contribution < 1.29 is 27.6 Å². The maximum atomic E-state index is 12.5. The molecule has 6 rings (SSSR count). The maximum absolute atomic E-state index is 12.5. The molecule has 0 saturated heterocycles. The minimum atomic E-state index is -4.36. The molecule has 232 valence electrons. The standard InChI is InChI=1S/C36H36N2O6S/c1-8-37-29-16-31-27(14-25(29)21(3)18-35(37,4)5)33(23-12-10-11-13-24(23)34(39)40)28-15-26-22(20-45(41,42)43)19-36(6,7)38(9-2)30(26)17-32(28)44-31/h3,10-19H,8-9,20H2,1-2,4-7H3,(H-,39,40,41,42,43)/p+1. The number of hydrogen-bond acceptors (Lipinski definition) is 5. The molecule has 3 aromatic rings. The first-order valence-corrected chi connectivity index (χ1v) is 16.6. The van der Waals surface area contributed by atoms with Crippen molar-refractivity contribution in [2.24, 2.45) is 0 Å². The van der Waals surface area contributed by atoms with E-state index in [1.165, 1.54) is 0 Å². The minimum Gasteiger partial charge on any atom is -0.478 e. The number of ether oxygens (including phenoxy) is 1. The molecule has 0 amide bonds. The number of fused-ring (bicyclic) bond motifs is 4. The molecule has 3 aliphatic heterocycles. The number of rotatable bonds is 6. The van der Waals surface area contributed by atoms with Crippen molar-refractivity contribution in [3.63, 3.8) is 0 Å². The number of carboxylic acids is 1. The number of hydrogen-bond donors (Lipinski definition) is 2. The number of nitrogens with zero attached hydrogens (tertiary/aromatic N) is 2. The van der Waals surface area contributed by atoms with Crippen LogP contribution >= 0.6 is 0 Å². The average molecular weight is 626 g/mol. The van der Waals surface area contributed by atoms with E-state index in [9.17, 15) is 22.9 Å². The number of carbonyl (C=O) groups is 1. The van der Waals surface area contributed by atoms with Crippen molar-refractivity contribution in [2.45, 2.75) is 52.6 Å². The van der Waals surface area contributed by atoms with Crippen molar-refractivity contribution in [3.05, 3.63) is 106 Å². The molecule has 0 spiro atoms. The Morgan fingerprint density at radius 3 is 2.31 bits per heavy atom. The number of allylic oxidation sites excluding steroid dienone is 1. The summed E-state index contributed by atoms with van der Waals surface area (Å²) in [5.74, 6) is -0.559. The normalized spacial score (nSPS) is 17.7. The maximum Gasteiger partial charge on any atom is 0.336 e. The van der Waals surface area contributed by atoms with Crippen LogP contribution in [0.5, 0.6) is 11.5 Å². The Labute approximate surface area is 264 Å². The predicted molar refractivity (Wildman–Crippen MR) is 177 cm³/mol. The Balaban J connectivity index is 1.78. The summed E-state index contributed by atoms with van der Waals surface area (Å²) in [5.41, 5.74) is 4.46. The van der Waals surface area contributed by atoms with E-state index < -0.39 is 27.4 Å². The lowest BCUT2D eigenvalue weighted by atomic mass is 9.83. The number of aromatic carboxylic acids is 1. The van der Waals surface area contributed by atoms with Gasteiger partial charge in [-0.25, -0.2) is 9.37 Å². The van der Waals surface area contributed by atoms with Gasteiger partial charge in [0.25, 0.3) is 10.1 Å². The lowest BCUT2D eigenvalue weighted by Crippen LogP contribution is -2.50. The number of benzene rings is 3. The highest BCUT2D eigenvalue weighted by Crippen LogP contribution is 2.46. The summed E-state index contributed by atoms with van der Waals surface area (Å²) in [5, 5.41) is 11.6. The van der Waals surface area contributed by atoms with Crippen LogP contribution in [0.3, 0.4) is 0 Å².